The Kier molecular flexibility index (Phi) is 5.89. The van der Waals surface area contributed by atoms with Crippen molar-refractivity contribution in [3.63, 3.8) is 0 Å². The standard InChI is InChI=1S/C22H33N3O2/c1-6-24(7-2)21(26)16-11-12-25-18(15-17-10-8-9-13-27-17)20(22(3,4)5)23-19(25)14-16/h11-12,14,17H,6-10,13,15H2,1-5H3. The van der Waals surface area contributed by atoms with E-state index >= 15 is 0 Å². The van der Waals surface area contributed by atoms with Gasteiger partial charge in [-0.3, -0.25) is 4.79 Å². The average Bonchev–Trinajstić information content (AvgIpc) is 3.01. The molecule has 0 radical (unpaired) electrons. The van der Waals surface area contributed by atoms with Gasteiger partial charge >= 0.3 is 0 Å². The van der Waals surface area contributed by atoms with Crippen LogP contribution in [0.3, 0.4) is 0 Å². The van der Waals surface area contributed by atoms with Crippen LogP contribution in [-0.4, -0.2) is 46.0 Å². The maximum absolute atomic E-state index is 12.7. The van der Waals surface area contributed by atoms with Gasteiger partial charge in [0.25, 0.3) is 5.91 Å². The number of hydrogen-bond acceptors (Lipinski definition) is 3. The molecule has 5 heteroatoms. The predicted octanol–water partition coefficient (Wildman–Crippen LogP) is 4.23. The van der Waals surface area contributed by atoms with Crippen molar-refractivity contribution in [2.75, 3.05) is 19.7 Å². The van der Waals surface area contributed by atoms with Crippen LogP contribution >= 0.6 is 0 Å². The number of hydrogen-bond donors (Lipinski definition) is 0. The summed E-state index contributed by atoms with van der Waals surface area (Å²) in [5.74, 6) is 0.0694. The zero-order chi connectivity index (χ0) is 19.6. The molecule has 0 saturated carbocycles. The lowest BCUT2D eigenvalue weighted by molar-refractivity contribution is 0.0159. The minimum absolute atomic E-state index is 0.0565. The number of ether oxygens (including phenoxy) is 1. The van der Waals surface area contributed by atoms with Crippen LogP contribution in [0.25, 0.3) is 5.65 Å². The maximum Gasteiger partial charge on any atom is 0.254 e. The van der Waals surface area contributed by atoms with E-state index in [2.05, 4.69) is 25.2 Å². The fourth-order valence-corrected chi connectivity index (χ4v) is 3.90. The van der Waals surface area contributed by atoms with Crippen molar-refractivity contribution in [3.8, 4) is 0 Å². The minimum atomic E-state index is -0.0565. The Balaban J connectivity index is 2.01. The molecular formula is C22H33N3O2. The number of imidazole rings is 1. The molecule has 0 N–H and O–H groups in total. The third-order valence-electron chi connectivity index (χ3n) is 5.43. The fourth-order valence-electron chi connectivity index (χ4n) is 3.90. The van der Waals surface area contributed by atoms with Crippen LogP contribution in [0.4, 0.5) is 0 Å². The summed E-state index contributed by atoms with van der Waals surface area (Å²) in [7, 11) is 0. The molecule has 1 aliphatic rings. The van der Waals surface area contributed by atoms with Crippen LogP contribution in [-0.2, 0) is 16.6 Å². The zero-order valence-corrected chi connectivity index (χ0v) is 17.4. The lowest BCUT2D eigenvalue weighted by atomic mass is 9.89. The topological polar surface area (TPSA) is 46.8 Å². The van der Waals surface area contributed by atoms with Gasteiger partial charge in [-0.15, -0.1) is 0 Å². The number of aromatic nitrogens is 2. The molecule has 2 aromatic heterocycles. The van der Waals surface area contributed by atoms with Crippen molar-refractivity contribution in [2.45, 2.75) is 71.8 Å². The van der Waals surface area contributed by atoms with Gasteiger partial charge in [0, 0.05) is 49.0 Å². The first-order valence-electron chi connectivity index (χ1n) is 10.3. The molecule has 0 bridgehead atoms. The third kappa shape index (κ3) is 4.18. The van der Waals surface area contributed by atoms with Crippen molar-refractivity contribution < 1.29 is 9.53 Å². The lowest BCUT2D eigenvalue weighted by Crippen LogP contribution is -2.30. The summed E-state index contributed by atoms with van der Waals surface area (Å²) in [6.45, 7) is 12.9. The zero-order valence-electron chi connectivity index (χ0n) is 17.4. The van der Waals surface area contributed by atoms with Gasteiger partial charge < -0.3 is 14.0 Å². The number of pyridine rings is 1. The Morgan fingerprint density at radius 3 is 2.63 bits per heavy atom. The molecule has 5 nitrogen and oxygen atoms in total. The van der Waals surface area contributed by atoms with Gasteiger partial charge in [0.2, 0.25) is 0 Å². The Morgan fingerprint density at radius 1 is 1.30 bits per heavy atom. The molecule has 2 aromatic rings. The second-order valence-electron chi connectivity index (χ2n) is 8.47. The highest BCUT2D eigenvalue weighted by atomic mass is 16.5. The SMILES string of the molecule is CCN(CC)C(=O)c1ccn2c(CC3CCCCO3)c(C(C)(C)C)nc2c1. The summed E-state index contributed by atoms with van der Waals surface area (Å²) in [4.78, 5) is 19.5. The van der Waals surface area contributed by atoms with Crippen LogP contribution in [0.5, 0.6) is 0 Å². The largest absolute Gasteiger partial charge is 0.378 e. The van der Waals surface area contributed by atoms with E-state index in [-0.39, 0.29) is 17.4 Å². The third-order valence-corrected chi connectivity index (χ3v) is 5.43. The molecule has 3 rings (SSSR count). The van der Waals surface area contributed by atoms with Crippen molar-refractivity contribution in [3.05, 3.63) is 35.3 Å². The van der Waals surface area contributed by atoms with E-state index < -0.39 is 0 Å². The summed E-state index contributed by atoms with van der Waals surface area (Å²) >= 11 is 0. The summed E-state index contributed by atoms with van der Waals surface area (Å²) in [6, 6.07) is 3.86. The number of amides is 1. The molecule has 1 saturated heterocycles. The second kappa shape index (κ2) is 8.01. The fraction of sp³-hybridized carbons (Fsp3) is 0.636. The van der Waals surface area contributed by atoms with E-state index in [1.54, 1.807) is 0 Å². The van der Waals surface area contributed by atoms with E-state index in [0.29, 0.717) is 18.7 Å². The molecule has 1 amide bonds. The van der Waals surface area contributed by atoms with Gasteiger partial charge in [-0.2, -0.15) is 0 Å². The predicted molar refractivity (Wildman–Crippen MR) is 108 cm³/mol. The highest BCUT2D eigenvalue weighted by molar-refractivity contribution is 5.95. The van der Waals surface area contributed by atoms with Crippen molar-refractivity contribution in [1.29, 1.82) is 0 Å². The molecule has 3 heterocycles. The molecule has 1 aliphatic heterocycles. The molecular weight excluding hydrogens is 338 g/mol. The van der Waals surface area contributed by atoms with Gasteiger partial charge in [0.15, 0.2) is 0 Å². The van der Waals surface area contributed by atoms with Gasteiger partial charge in [-0.05, 0) is 45.2 Å². The normalized spacial score (nSPS) is 18.0. The number of fused-ring (bicyclic) bond motifs is 1. The van der Waals surface area contributed by atoms with E-state index in [4.69, 9.17) is 9.72 Å². The Bertz CT molecular complexity index is 794. The Labute approximate surface area is 162 Å². The molecule has 0 aromatic carbocycles. The number of nitrogens with zero attached hydrogens (tertiary/aromatic N) is 3. The van der Waals surface area contributed by atoms with Gasteiger partial charge in [-0.25, -0.2) is 4.98 Å². The number of carbonyl (C=O) groups excluding carboxylic acids is 1. The average molecular weight is 372 g/mol. The van der Waals surface area contributed by atoms with Crippen LogP contribution < -0.4 is 0 Å². The first-order chi connectivity index (χ1) is 12.8. The van der Waals surface area contributed by atoms with Crippen LogP contribution in [0, 0.1) is 0 Å². The van der Waals surface area contributed by atoms with E-state index in [0.717, 1.165) is 37.2 Å². The lowest BCUT2D eigenvalue weighted by Gasteiger charge is -2.25. The molecule has 1 atom stereocenters. The van der Waals surface area contributed by atoms with Crippen molar-refractivity contribution >= 4 is 11.6 Å². The highest BCUT2D eigenvalue weighted by Gasteiger charge is 2.27. The highest BCUT2D eigenvalue weighted by Crippen LogP contribution is 2.29. The van der Waals surface area contributed by atoms with Crippen LogP contribution in [0.15, 0.2) is 18.3 Å². The van der Waals surface area contributed by atoms with Crippen molar-refractivity contribution in [1.82, 2.24) is 14.3 Å². The van der Waals surface area contributed by atoms with Crippen LogP contribution in [0.1, 0.15) is 75.6 Å². The molecule has 0 aliphatic carbocycles. The van der Waals surface area contributed by atoms with Crippen molar-refractivity contribution in [2.24, 2.45) is 0 Å². The summed E-state index contributed by atoms with van der Waals surface area (Å²) in [6.07, 6.45) is 6.64. The van der Waals surface area contributed by atoms with Crippen LogP contribution in [0.2, 0.25) is 0 Å². The smallest absolute Gasteiger partial charge is 0.254 e. The quantitative estimate of drug-likeness (QED) is 0.790. The number of rotatable bonds is 5. The van der Waals surface area contributed by atoms with Gasteiger partial charge in [-0.1, -0.05) is 20.8 Å². The summed E-state index contributed by atoms with van der Waals surface area (Å²) in [5.41, 5.74) is 3.82. The summed E-state index contributed by atoms with van der Waals surface area (Å²) in [5, 5.41) is 0. The monoisotopic (exact) mass is 371 g/mol. The molecule has 27 heavy (non-hydrogen) atoms. The Morgan fingerprint density at radius 2 is 2.04 bits per heavy atom. The first-order valence-corrected chi connectivity index (χ1v) is 10.3. The van der Waals surface area contributed by atoms with E-state index in [9.17, 15) is 4.79 Å². The first kappa shape index (κ1) is 19.9. The summed E-state index contributed by atoms with van der Waals surface area (Å²) < 4.78 is 8.14. The van der Waals surface area contributed by atoms with Gasteiger partial charge in [0.05, 0.1) is 11.8 Å². The number of carbonyl (C=O) groups is 1. The van der Waals surface area contributed by atoms with Gasteiger partial charge in [0.1, 0.15) is 5.65 Å². The second-order valence-corrected chi connectivity index (χ2v) is 8.47. The van der Waals surface area contributed by atoms with E-state index in [1.807, 2.05) is 37.1 Å². The molecule has 1 unspecified atom stereocenters. The van der Waals surface area contributed by atoms with E-state index in [1.165, 1.54) is 12.1 Å². The minimum Gasteiger partial charge on any atom is -0.378 e. The molecule has 148 valence electrons. The molecule has 0 spiro atoms. The molecule has 1 fully saturated rings. The Hall–Kier alpha value is -1.88. The maximum atomic E-state index is 12.7.